The molecule has 0 bridgehead atoms. The summed E-state index contributed by atoms with van der Waals surface area (Å²) in [4.78, 5) is 11.9. The molecule has 2 heteroatoms. The van der Waals surface area contributed by atoms with Crippen molar-refractivity contribution in [2.75, 3.05) is 5.32 Å². The van der Waals surface area contributed by atoms with Crippen LogP contribution in [0.1, 0.15) is 76.8 Å². The minimum absolute atomic E-state index is 0.140. The van der Waals surface area contributed by atoms with Crippen molar-refractivity contribution in [3.05, 3.63) is 29.3 Å². The second-order valence-corrected chi connectivity index (χ2v) is 5.80. The van der Waals surface area contributed by atoms with Crippen molar-refractivity contribution in [2.45, 2.75) is 78.6 Å². The van der Waals surface area contributed by atoms with Crippen LogP contribution in [0.4, 0.5) is 5.69 Å². The van der Waals surface area contributed by atoms with Crippen LogP contribution in [0.2, 0.25) is 0 Å². The molecule has 0 unspecified atom stereocenters. The highest BCUT2D eigenvalue weighted by molar-refractivity contribution is 5.91. The van der Waals surface area contributed by atoms with Gasteiger partial charge in [0.25, 0.3) is 0 Å². The maximum atomic E-state index is 11.9. The Morgan fingerprint density at radius 1 is 0.952 bits per heavy atom. The van der Waals surface area contributed by atoms with Gasteiger partial charge in [-0.15, -0.1) is 0 Å². The lowest BCUT2D eigenvalue weighted by Gasteiger charge is -2.15. The average Bonchev–Trinajstić information content (AvgIpc) is 2.46. The number of carbonyl (C=O) groups is 1. The monoisotopic (exact) mass is 289 g/mol. The summed E-state index contributed by atoms with van der Waals surface area (Å²) in [5, 5.41) is 3.11. The van der Waals surface area contributed by atoms with Crippen molar-refractivity contribution in [3.8, 4) is 0 Å². The summed E-state index contributed by atoms with van der Waals surface area (Å²) in [7, 11) is 0. The molecule has 0 aromatic heterocycles. The summed E-state index contributed by atoms with van der Waals surface area (Å²) in [5.41, 5.74) is 3.80. The van der Waals surface area contributed by atoms with Gasteiger partial charge in [-0.3, -0.25) is 4.79 Å². The maximum absolute atomic E-state index is 11.9. The molecule has 0 saturated heterocycles. The number of unbranched alkanes of at least 4 members (excludes halogenated alkanes) is 3. The molecular weight excluding hydrogens is 258 g/mol. The number of rotatable bonds is 10. The molecule has 1 aromatic carbocycles. The van der Waals surface area contributed by atoms with Crippen molar-refractivity contribution in [3.63, 3.8) is 0 Å². The average molecular weight is 289 g/mol. The molecule has 21 heavy (non-hydrogen) atoms. The largest absolute Gasteiger partial charge is 0.326 e. The van der Waals surface area contributed by atoms with E-state index in [2.05, 4.69) is 37.4 Å². The Balaban J connectivity index is 2.83. The van der Waals surface area contributed by atoms with E-state index in [1.165, 1.54) is 36.8 Å². The fourth-order valence-corrected chi connectivity index (χ4v) is 2.72. The number of benzene rings is 1. The number of anilines is 1. The fraction of sp³-hybridized carbons (Fsp3) is 0.632. The van der Waals surface area contributed by atoms with Gasteiger partial charge in [-0.05, 0) is 42.9 Å². The van der Waals surface area contributed by atoms with Crippen LogP contribution in [0.15, 0.2) is 18.2 Å². The molecule has 0 heterocycles. The first kappa shape index (κ1) is 17.7. The van der Waals surface area contributed by atoms with Crippen LogP contribution in [-0.2, 0) is 17.6 Å². The highest BCUT2D eigenvalue weighted by Gasteiger charge is 2.10. The van der Waals surface area contributed by atoms with E-state index in [-0.39, 0.29) is 5.91 Å². The zero-order valence-electron chi connectivity index (χ0n) is 14.0. The normalized spacial score (nSPS) is 10.6. The van der Waals surface area contributed by atoms with Crippen LogP contribution < -0.4 is 5.32 Å². The Morgan fingerprint density at radius 2 is 1.76 bits per heavy atom. The Morgan fingerprint density at radius 3 is 2.43 bits per heavy atom. The third-order valence-electron chi connectivity index (χ3n) is 3.82. The first-order chi connectivity index (χ1) is 10.2. The third-order valence-corrected chi connectivity index (χ3v) is 3.82. The van der Waals surface area contributed by atoms with Gasteiger partial charge in [0.1, 0.15) is 0 Å². The van der Waals surface area contributed by atoms with Crippen LogP contribution in [0.25, 0.3) is 0 Å². The molecule has 0 saturated carbocycles. The molecule has 1 amide bonds. The molecule has 2 nitrogen and oxygen atoms in total. The lowest BCUT2D eigenvalue weighted by atomic mass is 9.96. The Kier molecular flexibility index (Phi) is 8.80. The van der Waals surface area contributed by atoms with E-state index >= 15 is 0 Å². The van der Waals surface area contributed by atoms with Gasteiger partial charge in [-0.2, -0.15) is 0 Å². The quantitative estimate of drug-likeness (QED) is 0.566. The van der Waals surface area contributed by atoms with Crippen molar-refractivity contribution < 1.29 is 4.79 Å². The van der Waals surface area contributed by atoms with Gasteiger partial charge in [0.2, 0.25) is 5.91 Å². The lowest BCUT2D eigenvalue weighted by Crippen LogP contribution is -2.13. The molecular formula is C19H31NO. The zero-order chi connectivity index (χ0) is 15.5. The van der Waals surface area contributed by atoms with Crippen LogP contribution in [0.5, 0.6) is 0 Å². The van der Waals surface area contributed by atoms with E-state index < -0.39 is 0 Å². The molecule has 118 valence electrons. The van der Waals surface area contributed by atoms with E-state index in [1.54, 1.807) is 0 Å². The van der Waals surface area contributed by atoms with E-state index in [0.717, 1.165) is 31.4 Å². The van der Waals surface area contributed by atoms with Gasteiger partial charge in [-0.25, -0.2) is 0 Å². The number of aryl methyl sites for hydroxylation is 1. The van der Waals surface area contributed by atoms with Crippen LogP contribution >= 0.6 is 0 Å². The topological polar surface area (TPSA) is 29.1 Å². The number of amides is 1. The van der Waals surface area contributed by atoms with Gasteiger partial charge >= 0.3 is 0 Å². The molecule has 0 spiro atoms. The van der Waals surface area contributed by atoms with Crippen LogP contribution in [0.3, 0.4) is 0 Å². The Hall–Kier alpha value is -1.31. The summed E-state index contributed by atoms with van der Waals surface area (Å²) in [6.07, 6.45) is 9.88. The van der Waals surface area contributed by atoms with Crippen LogP contribution in [0, 0.1) is 0 Å². The molecule has 0 aliphatic heterocycles. The fourth-order valence-electron chi connectivity index (χ4n) is 2.72. The van der Waals surface area contributed by atoms with Gasteiger partial charge in [0.15, 0.2) is 0 Å². The summed E-state index contributed by atoms with van der Waals surface area (Å²) in [6, 6.07) is 6.35. The van der Waals surface area contributed by atoms with Gasteiger partial charge in [0.05, 0.1) is 0 Å². The molecule has 0 atom stereocenters. The van der Waals surface area contributed by atoms with E-state index in [4.69, 9.17) is 0 Å². The number of nitrogens with one attached hydrogen (secondary N) is 1. The Bertz CT molecular complexity index is 426. The maximum Gasteiger partial charge on any atom is 0.224 e. The highest BCUT2D eigenvalue weighted by atomic mass is 16.1. The van der Waals surface area contributed by atoms with Gasteiger partial charge < -0.3 is 5.32 Å². The first-order valence-corrected chi connectivity index (χ1v) is 8.63. The van der Waals surface area contributed by atoms with Gasteiger partial charge in [0, 0.05) is 12.1 Å². The van der Waals surface area contributed by atoms with Crippen molar-refractivity contribution in [2.24, 2.45) is 0 Å². The van der Waals surface area contributed by atoms with Crippen molar-refractivity contribution >= 4 is 11.6 Å². The second kappa shape index (κ2) is 10.4. The number of hydrogen-bond donors (Lipinski definition) is 1. The Labute approximate surface area is 130 Å². The first-order valence-electron chi connectivity index (χ1n) is 8.63. The van der Waals surface area contributed by atoms with E-state index in [9.17, 15) is 4.79 Å². The third kappa shape index (κ3) is 6.33. The van der Waals surface area contributed by atoms with Gasteiger partial charge in [-0.1, -0.05) is 58.6 Å². The zero-order valence-corrected chi connectivity index (χ0v) is 14.0. The highest BCUT2D eigenvalue weighted by Crippen LogP contribution is 2.24. The number of hydrogen-bond acceptors (Lipinski definition) is 1. The van der Waals surface area contributed by atoms with Crippen molar-refractivity contribution in [1.82, 2.24) is 0 Å². The molecule has 1 aromatic rings. The van der Waals surface area contributed by atoms with E-state index in [1.807, 2.05) is 6.92 Å². The molecule has 0 aliphatic rings. The lowest BCUT2D eigenvalue weighted by molar-refractivity contribution is -0.116. The standard InChI is InChI=1S/C19H31NO/c1-4-7-8-9-14-17-16(11-5-2)13-10-15-18(17)20-19(21)12-6-3/h10,13,15H,4-9,11-12,14H2,1-3H3,(H,20,21). The predicted octanol–water partition coefficient (Wildman–Crippen LogP) is 5.50. The summed E-state index contributed by atoms with van der Waals surface area (Å²) >= 11 is 0. The molecule has 0 aliphatic carbocycles. The summed E-state index contributed by atoms with van der Waals surface area (Å²) in [6.45, 7) is 6.49. The smallest absolute Gasteiger partial charge is 0.224 e. The summed E-state index contributed by atoms with van der Waals surface area (Å²) in [5.74, 6) is 0.140. The van der Waals surface area contributed by atoms with E-state index in [0.29, 0.717) is 6.42 Å². The van der Waals surface area contributed by atoms with Crippen LogP contribution in [-0.4, -0.2) is 5.91 Å². The molecule has 1 rings (SSSR count). The molecule has 0 fully saturated rings. The predicted molar refractivity (Wildman–Crippen MR) is 91.8 cm³/mol. The molecule has 0 radical (unpaired) electrons. The summed E-state index contributed by atoms with van der Waals surface area (Å²) < 4.78 is 0. The SMILES string of the molecule is CCCCCCc1c(CCC)cccc1NC(=O)CCC. The second-order valence-electron chi connectivity index (χ2n) is 5.80. The number of carbonyl (C=O) groups excluding carboxylic acids is 1. The minimum atomic E-state index is 0.140. The molecule has 1 N–H and O–H groups in total. The minimum Gasteiger partial charge on any atom is -0.326 e. The van der Waals surface area contributed by atoms with Crippen molar-refractivity contribution in [1.29, 1.82) is 0 Å².